The molecule has 0 spiro atoms. The molecule has 1 aliphatic rings. The van der Waals surface area contributed by atoms with E-state index in [0.717, 1.165) is 30.6 Å². The van der Waals surface area contributed by atoms with Crippen LogP contribution in [0.4, 0.5) is 0 Å². The van der Waals surface area contributed by atoms with Gasteiger partial charge >= 0.3 is 0 Å². The third-order valence-electron chi connectivity index (χ3n) is 4.04. The van der Waals surface area contributed by atoms with Crippen molar-refractivity contribution in [1.82, 2.24) is 10.2 Å². The number of amides is 2. The molecule has 1 N–H and O–H groups in total. The van der Waals surface area contributed by atoms with Gasteiger partial charge in [0.15, 0.2) is 0 Å². The van der Waals surface area contributed by atoms with E-state index < -0.39 is 0 Å². The van der Waals surface area contributed by atoms with E-state index >= 15 is 0 Å². The number of hydrogen-bond acceptors (Lipinski definition) is 3. The van der Waals surface area contributed by atoms with Crippen LogP contribution in [0.25, 0.3) is 0 Å². The first kappa shape index (κ1) is 17.5. The summed E-state index contributed by atoms with van der Waals surface area (Å²) < 4.78 is 5.57. The molecule has 1 aromatic carbocycles. The van der Waals surface area contributed by atoms with Crippen molar-refractivity contribution in [3.05, 3.63) is 35.4 Å². The molecule has 1 heterocycles. The van der Waals surface area contributed by atoms with Crippen LogP contribution in [0, 0.1) is 6.92 Å². The van der Waals surface area contributed by atoms with Gasteiger partial charge in [0.1, 0.15) is 0 Å². The lowest BCUT2D eigenvalue weighted by Gasteiger charge is -2.24. The molecule has 0 aromatic heterocycles. The Morgan fingerprint density at radius 3 is 2.87 bits per heavy atom. The first-order valence-corrected chi connectivity index (χ1v) is 8.24. The number of rotatable bonds is 7. The molecule has 2 amide bonds. The SMILES string of the molecule is CC(=O)N(CCNC(=O)Cc1cccc(C)c1)CC1CCCO1. The second kappa shape index (κ2) is 8.67. The lowest BCUT2D eigenvalue weighted by Crippen LogP contribution is -2.41. The second-order valence-corrected chi connectivity index (χ2v) is 6.12. The van der Waals surface area contributed by atoms with Crippen molar-refractivity contribution in [2.24, 2.45) is 0 Å². The number of nitrogens with one attached hydrogen (secondary N) is 1. The van der Waals surface area contributed by atoms with Gasteiger partial charge in [-0.25, -0.2) is 0 Å². The second-order valence-electron chi connectivity index (χ2n) is 6.12. The van der Waals surface area contributed by atoms with Gasteiger partial charge in [-0.15, -0.1) is 0 Å². The van der Waals surface area contributed by atoms with Gasteiger partial charge in [0, 0.05) is 33.2 Å². The quantitative estimate of drug-likeness (QED) is 0.832. The Labute approximate surface area is 138 Å². The van der Waals surface area contributed by atoms with Gasteiger partial charge in [0.2, 0.25) is 11.8 Å². The summed E-state index contributed by atoms with van der Waals surface area (Å²) in [5, 5.41) is 2.89. The fraction of sp³-hybridized carbons (Fsp3) is 0.556. The summed E-state index contributed by atoms with van der Waals surface area (Å²) in [6.07, 6.45) is 2.57. The molecular formula is C18H26N2O3. The lowest BCUT2D eigenvalue weighted by atomic mass is 10.1. The first-order valence-electron chi connectivity index (χ1n) is 8.24. The van der Waals surface area contributed by atoms with E-state index in [1.165, 1.54) is 0 Å². The van der Waals surface area contributed by atoms with Gasteiger partial charge in [0.25, 0.3) is 0 Å². The van der Waals surface area contributed by atoms with E-state index in [2.05, 4.69) is 5.32 Å². The number of hydrogen-bond donors (Lipinski definition) is 1. The van der Waals surface area contributed by atoms with Crippen LogP contribution in [0.15, 0.2) is 24.3 Å². The van der Waals surface area contributed by atoms with Gasteiger partial charge in [-0.1, -0.05) is 29.8 Å². The number of benzene rings is 1. The molecule has 1 saturated heterocycles. The lowest BCUT2D eigenvalue weighted by molar-refractivity contribution is -0.131. The molecule has 1 atom stereocenters. The van der Waals surface area contributed by atoms with Gasteiger partial charge in [-0.3, -0.25) is 9.59 Å². The Balaban J connectivity index is 1.73. The van der Waals surface area contributed by atoms with E-state index in [0.29, 0.717) is 26.1 Å². The summed E-state index contributed by atoms with van der Waals surface area (Å²) in [5.74, 6) is 0.00431. The van der Waals surface area contributed by atoms with Crippen LogP contribution in [0.5, 0.6) is 0 Å². The Morgan fingerprint density at radius 2 is 2.22 bits per heavy atom. The summed E-state index contributed by atoms with van der Waals surface area (Å²) in [7, 11) is 0. The van der Waals surface area contributed by atoms with Crippen molar-refractivity contribution in [1.29, 1.82) is 0 Å². The smallest absolute Gasteiger partial charge is 0.224 e. The van der Waals surface area contributed by atoms with Crippen LogP contribution in [0.2, 0.25) is 0 Å². The molecule has 23 heavy (non-hydrogen) atoms. The summed E-state index contributed by atoms with van der Waals surface area (Å²) >= 11 is 0. The third-order valence-corrected chi connectivity index (χ3v) is 4.04. The maximum Gasteiger partial charge on any atom is 0.224 e. The first-order chi connectivity index (χ1) is 11.0. The van der Waals surface area contributed by atoms with Crippen molar-refractivity contribution in [3.8, 4) is 0 Å². The Bertz CT molecular complexity index is 539. The molecule has 0 radical (unpaired) electrons. The van der Waals surface area contributed by atoms with Crippen molar-refractivity contribution in [2.75, 3.05) is 26.2 Å². The minimum absolute atomic E-state index is 0.0174. The predicted molar refractivity (Wildman–Crippen MR) is 89.1 cm³/mol. The monoisotopic (exact) mass is 318 g/mol. The minimum Gasteiger partial charge on any atom is -0.376 e. The van der Waals surface area contributed by atoms with Gasteiger partial charge in [-0.05, 0) is 25.3 Å². The zero-order valence-electron chi connectivity index (χ0n) is 14.0. The van der Waals surface area contributed by atoms with Crippen molar-refractivity contribution in [2.45, 2.75) is 39.2 Å². The normalized spacial score (nSPS) is 17.0. The number of carbonyl (C=O) groups is 2. The zero-order valence-corrected chi connectivity index (χ0v) is 14.0. The largest absolute Gasteiger partial charge is 0.376 e. The van der Waals surface area contributed by atoms with Crippen LogP contribution < -0.4 is 5.32 Å². The fourth-order valence-corrected chi connectivity index (χ4v) is 2.81. The standard InChI is InChI=1S/C18H26N2O3/c1-14-5-3-6-16(11-14)12-18(22)19-8-9-20(15(2)21)13-17-7-4-10-23-17/h3,5-6,11,17H,4,7-10,12-13H2,1-2H3,(H,19,22). The zero-order chi connectivity index (χ0) is 16.7. The van der Waals surface area contributed by atoms with Crippen molar-refractivity contribution in [3.63, 3.8) is 0 Å². The highest BCUT2D eigenvalue weighted by Gasteiger charge is 2.20. The fourth-order valence-electron chi connectivity index (χ4n) is 2.81. The molecule has 0 bridgehead atoms. The Kier molecular flexibility index (Phi) is 6.59. The average molecular weight is 318 g/mol. The maximum atomic E-state index is 12.0. The average Bonchev–Trinajstić information content (AvgIpc) is 2.99. The summed E-state index contributed by atoms with van der Waals surface area (Å²) in [6.45, 7) is 5.96. The van der Waals surface area contributed by atoms with Gasteiger partial charge in [-0.2, -0.15) is 0 Å². The number of carbonyl (C=O) groups excluding carboxylic acids is 2. The van der Waals surface area contributed by atoms with Crippen LogP contribution in [-0.4, -0.2) is 49.1 Å². The molecule has 1 unspecified atom stereocenters. The molecule has 126 valence electrons. The molecule has 1 fully saturated rings. The van der Waals surface area contributed by atoms with Crippen molar-refractivity contribution >= 4 is 11.8 Å². The summed E-state index contributed by atoms with van der Waals surface area (Å²) in [5.41, 5.74) is 2.15. The molecular weight excluding hydrogens is 292 g/mol. The van der Waals surface area contributed by atoms with E-state index in [4.69, 9.17) is 4.74 Å². The van der Waals surface area contributed by atoms with Gasteiger partial charge < -0.3 is 15.0 Å². The van der Waals surface area contributed by atoms with E-state index in [-0.39, 0.29) is 17.9 Å². The molecule has 5 nitrogen and oxygen atoms in total. The summed E-state index contributed by atoms with van der Waals surface area (Å²) in [4.78, 5) is 25.4. The van der Waals surface area contributed by atoms with E-state index in [1.807, 2.05) is 31.2 Å². The number of nitrogens with zero attached hydrogens (tertiary/aromatic N) is 1. The molecule has 5 heteroatoms. The maximum absolute atomic E-state index is 12.0. The molecule has 1 aromatic rings. The van der Waals surface area contributed by atoms with Crippen LogP contribution in [0.1, 0.15) is 30.9 Å². The molecule has 0 aliphatic carbocycles. The summed E-state index contributed by atoms with van der Waals surface area (Å²) in [6, 6.07) is 7.93. The van der Waals surface area contributed by atoms with Crippen LogP contribution in [0.3, 0.4) is 0 Å². The topological polar surface area (TPSA) is 58.6 Å². The highest BCUT2D eigenvalue weighted by molar-refractivity contribution is 5.78. The third kappa shape index (κ3) is 6.02. The Hall–Kier alpha value is -1.88. The van der Waals surface area contributed by atoms with E-state index in [1.54, 1.807) is 11.8 Å². The molecule has 1 aliphatic heterocycles. The molecule has 0 saturated carbocycles. The van der Waals surface area contributed by atoms with Crippen molar-refractivity contribution < 1.29 is 14.3 Å². The highest BCUT2D eigenvalue weighted by atomic mass is 16.5. The highest BCUT2D eigenvalue weighted by Crippen LogP contribution is 2.13. The minimum atomic E-state index is -0.0174. The predicted octanol–water partition coefficient (Wildman–Crippen LogP) is 1.68. The van der Waals surface area contributed by atoms with Crippen LogP contribution in [-0.2, 0) is 20.7 Å². The van der Waals surface area contributed by atoms with E-state index in [9.17, 15) is 9.59 Å². The van der Waals surface area contributed by atoms with Gasteiger partial charge in [0.05, 0.1) is 12.5 Å². The molecule has 2 rings (SSSR count). The van der Waals surface area contributed by atoms with Crippen LogP contribution >= 0.6 is 0 Å². The number of ether oxygens (including phenoxy) is 1. The number of aryl methyl sites for hydroxylation is 1. The Morgan fingerprint density at radius 1 is 1.39 bits per heavy atom.